The molecule has 2 amide bonds. The van der Waals surface area contributed by atoms with Crippen LogP contribution in [0.4, 0.5) is 10.1 Å². The molecule has 0 aliphatic carbocycles. The maximum Gasteiger partial charge on any atom is 0.263 e. The number of thiophene rings is 1. The highest BCUT2D eigenvalue weighted by molar-refractivity contribution is 7.90. The average Bonchev–Trinajstić information content (AvgIpc) is 3.16. The van der Waals surface area contributed by atoms with Crippen molar-refractivity contribution in [1.29, 1.82) is 0 Å². The Balaban J connectivity index is 1.72. The van der Waals surface area contributed by atoms with E-state index in [9.17, 15) is 22.4 Å². The number of hydrogen-bond donors (Lipinski definition) is 1. The molecule has 2 heterocycles. The van der Waals surface area contributed by atoms with Crippen molar-refractivity contribution >= 4 is 38.7 Å². The molecule has 1 aromatic heterocycles. The van der Waals surface area contributed by atoms with Crippen LogP contribution in [0, 0.1) is 11.7 Å². The first-order chi connectivity index (χ1) is 12.8. The predicted molar refractivity (Wildman–Crippen MR) is 101 cm³/mol. The van der Waals surface area contributed by atoms with Gasteiger partial charge in [0.15, 0.2) is 9.84 Å². The van der Waals surface area contributed by atoms with Gasteiger partial charge in [0, 0.05) is 19.3 Å². The highest BCUT2D eigenvalue weighted by Gasteiger charge is 2.29. The number of benzene rings is 1. The molecular weight excluding hydrogens is 391 g/mol. The zero-order valence-electron chi connectivity index (χ0n) is 14.6. The van der Waals surface area contributed by atoms with Gasteiger partial charge in [-0.25, -0.2) is 12.8 Å². The third kappa shape index (κ3) is 4.54. The van der Waals surface area contributed by atoms with Crippen LogP contribution in [0.3, 0.4) is 0 Å². The first-order valence-corrected chi connectivity index (χ1v) is 11.2. The van der Waals surface area contributed by atoms with Crippen LogP contribution in [-0.4, -0.2) is 44.5 Å². The van der Waals surface area contributed by atoms with Gasteiger partial charge in [-0.2, -0.15) is 0 Å². The van der Waals surface area contributed by atoms with Crippen molar-refractivity contribution in [3.8, 4) is 0 Å². The number of nitrogens with one attached hydrogen (secondary N) is 1. The van der Waals surface area contributed by atoms with Gasteiger partial charge < -0.3 is 10.2 Å². The number of hydrogen-bond acceptors (Lipinski definition) is 5. The van der Waals surface area contributed by atoms with Gasteiger partial charge in [-0.05, 0) is 42.5 Å². The number of sulfone groups is 1. The zero-order chi connectivity index (χ0) is 19.6. The SMILES string of the molecule is CS(=O)(=O)c1ccc(F)c(NC(=O)C2CCCN(C(=O)c3cccs3)C2)c1. The third-order valence-electron chi connectivity index (χ3n) is 4.44. The second-order valence-electron chi connectivity index (χ2n) is 6.47. The molecule has 9 heteroatoms. The molecular formula is C18H19FN2O4S2. The second kappa shape index (κ2) is 7.77. The Bertz CT molecular complexity index is 958. The van der Waals surface area contributed by atoms with Crippen LogP contribution in [0.5, 0.6) is 0 Å². The fourth-order valence-electron chi connectivity index (χ4n) is 3.00. The largest absolute Gasteiger partial charge is 0.337 e. The zero-order valence-corrected chi connectivity index (χ0v) is 16.3. The Kier molecular flexibility index (Phi) is 5.61. The number of piperidine rings is 1. The normalized spacial score (nSPS) is 17.6. The Hall–Kier alpha value is -2.26. The molecule has 0 radical (unpaired) electrons. The molecule has 1 atom stereocenters. The monoisotopic (exact) mass is 410 g/mol. The number of amides is 2. The molecule has 2 aromatic rings. The topological polar surface area (TPSA) is 83.6 Å². The molecule has 0 spiro atoms. The van der Waals surface area contributed by atoms with Gasteiger partial charge in [0.05, 0.1) is 21.4 Å². The van der Waals surface area contributed by atoms with Crippen molar-refractivity contribution in [2.75, 3.05) is 24.7 Å². The summed E-state index contributed by atoms with van der Waals surface area (Å²) in [5.41, 5.74) is -0.176. The molecule has 1 unspecified atom stereocenters. The van der Waals surface area contributed by atoms with E-state index < -0.39 is 27.5 Å². The molecule has 144 valence electrons. The van der Waals surface area contributed by atoms with Crippen LogP contribution in [0.25, 0.3) is 0 Å². The van der Waals surface area contributed by atoms with E-state index in [1.807, 2.05) is 5.38 Å². The van der Waals surface area contributed by atoms with Crippen molar-refractivity contribution < 1.29 is 22.4 Å². The van der Waals surface area contributed by atoms with E-state index in [0.29, 0.717) is 24.3 Å². The van der Waals surface area contributed by atoms with E-state index in [4.69, 9.17) is 0 Å². The number of anilines is 1. The third-order valence-corrected chi connectivity index (χ3v) is 6.40. The molecule has 1 saturated heterocycles. The van der Waals surface area contributed by atoms with Crippen LogP contribution in [-0.2, 0) is 14.6 Å². The van der Waals surface area contributed by atoms with E-state index in [1.165, 1.54) is 11.3 Å². The number of rotatable bonds is 4. The Morgan fingerprint density at radius 1 is 1.30 bits per heavy atom. The van der Waals surface area contributed by atoms with Crippen molar-refractivity contribution in [2.45, 2.75) is 17.7 Å². The van der Waals surface area contributed by atoms with Crippen LogP contribution in [0.15, 0.2) is 40.6 Å². The molecule has 1 N–H and O–H groups in total. The molecule has 0 saturated carbocycles. The molecule has 1 aliphatic heterocycles. The lowest BCUT2D eigenvalue weighted by molar-refractivity contribution is -0.121. The molecule has 0 bridgehead atoms. The lowest BCUT2D eigenvalue weighted by Crippen LogP contribution is -2.43. The maximum absolute atomic E-state index is 14.0. The summed E-state index contributed by atoms with van der Waals surface area (Å²) in [7, 11) is -3.52. The van der Waals surface area contributed by atoms with E-state index in [0.717, 1.165) is 24.5 Å². The first-order valence-electron chi connectivity index (χ1n) is 8.39. The summed E-state index contributed by atoms with van der Waals surface area (Å²) in [6.45, 7) is 0.814. The summed E-state index contributed by atoms with van der Waals surface area (Å²) < 4.78 is 37.3. The summed E-state index contributed by atoms with van der Waals surface area (Å²) in [5, 5.41) is 4.29. The second-order valence-corrected chi connectivity index (χ2v) is 9.43. The fraction of sp³-hybridized carbons (Fsp3) is 0.333. The summed E-state index contributed by atoms with van der Waals surface area (Å²) in [6.07, 6.45) is 2.26. The predicted octanol–water partition coefficient (Wildman–Crippen LogP) is 2.78. The van der Waals surface area contributed by atoms with Crippen molar-refractivity contribution in [3.05, 3.63) is 46.4 Å². The van der Waals surface area contributed by atoms with E-state index in [1.54, 1.807) is 17.0 Å². The van der Waals surface area contributed by atoms with Gasteiger partial charge in [0.2, 0.25) is 5.91 Å². The van der Waals surface area contributed by atoms with Gasteiger partial charge in [-0.3, -0.25) is 9.59 Å². The minimum Gasteiger partial charge on any atom is -0.337 e. The molecule has 6 nitrogen and oxygen atoms in total. The van der Waals surface area contributed by atoms with Gasteiger partial charge in [-0.15, -0.1) is 11.3 Å². The van der Waals surface area contributed by atoms with Crippen molar-refractivity contribution in [2.24, 2.45) is 5.92 Å². The summed E-state index contributed by atoms with van der Waals surface area (Å²) in [5.74, 6) is -1.74. The highest BCUT2D eigenvalue weighted by Crippen LogP contribution is 2.24. The van der Waals surface area contributed by atoms with Gasteiger partial charge in [0.25, 0.3) is 5.91 Å². The molecule has 1 aliphatic rings. The highest BCUT2D eigenvalue weighted by atomic mass is 32.2. The van der Waals surface area contributed by atoms with Crippen LogP contribution in [0.1, 0.15) is 22.5 Å². The van der Waals surface area contributed by atoms with Crippen molar-refractivity contribution in [3.63, 3.8) is 0 Å². The lowest BCUT2D eigenvalue weighted by atomic mass is 9.97. The smallest absolute Gasteiger partial charge is 0.263 e. The number of likely N-dealkylation sites (tertiary alicyclic amines) is 1. The van der Waals surface area contributed by atoms with E-state index >= 15 is 0 Å². The summed E-state index contributed by atoms with van der Waals surface area (Å²) in [4.78, 5) is 27.2. The minimum absolute atomic E-state index is 0.0719. The number of nitrogens with zero attached hydrogens (tertiary/aromatic N) is 1. The van der Waals surface area contributed by atoms with Crippen LogP contribution >= 0.6 is 11.3 Å². The summed E-state index contributed by atoms with van der Waals surface area (Å²) in [6, 6.07) is 6.81. The van der Waals surface area contributed by atoms with Gasteiger partial charge in [0.1, 0.15) is 5.82 Å². The first kappa shape index (κ1) is 19.5. The quantitative estimate of drug-likeness (QED) is 0.786. The minimum atomic E-state index is -3.52. The Morgan fingerprint density at radius 3 is 2.74 bits per heavy atom. The average molecular weight is 410 g/mol. The van der Waals surface area contributed by atoms with Crippen molar-refractivity contribution in [1.82, 2.24) is 4.90 Å². The van der Waals surface area contributed by atoms with Crippen LogP contribution < -0.4 is 5.32 Å². The number of carbonyl (C=O) groups is 2. The standard InChI is InChI=1S/C18H19FN2O4S2/c1-27(24,25)13-6-7-14(19)15(10-13)20-17(22)12-4-2-8-21(11-12)18(23)16-5-3-9-26-16/h3,5-7,9-10,12H,2,4,8,11H2,1H3,(H,20,22). The Morgan fingerprint density at radius 2 is 2.07 bits per heavy atom. The fourth-order valence-corrected chi connectivity index (χ4v) is 4.34. The lowest BCUT2D eigenvalue weighted by Gasteiger charge is -2.31. The maximum atomic E-state index is 14.0. The Labute approximate surface area is 160 Å². The number of halogens is 1. The number of carbonyl (C=O) groups excluding carboxylic acids is 2. The van der Waals surface area contributed by atoms with Crippen LogP contribution in [0.2, 0.25) is 0 Å². The van der Waals surface area contributed by atoms with E-state index in [2.05, 4.69) is 5.32 Å². The van der Waals surface area contributed by atoms with E-state index in [-0.39, 0.29) is 23.0 Å². The van der Waals surface area contributed by atoms with Gasteiger partial charge >= 0.3 is 0 Å². The molecule has 1 aromatic carbocycles. The molecule has 1 fully saturated rings. The molecule has 27 heavy (non-hydrogen) atoms. The van der Waals surface area contributed by atoms with Gasteiger partial charge in [-0.1, -0.05) is 6.07 Å². The molecule has 3 rings (SSSR count). The summed E-state index contributed by atoms with van der Waals surface area (Å²) >= 11 is 1.34.